The number of carbonyl (C=O) groups is 2. The van der Waals surface area contributed by atoms with Gasteiger partial charge in [0.25, 0.3) is 0 Å². The summed E-state index contributed by atoms with van der Waals surface area (Å²) in [7, 11) is 0. The van der Waals surface area contributed by atoms with Gasteiger partial charge in [0.1, 0.15) is 18.1 Å². The fourth-order valence-electron chi connectivity index (χ4n) is 1.56. The molecule has 0 aliphatic carbocycles. The van der Waals surface area contributed by atoms with Crippen LogP contribution in [0.3, 0.4) is 0 Å². The van der Waals surface area contributed by atoms with Crippen molar-refractivity contribution in [3.8, 4) is 5.75 Å². The number of urea groups is 1. The molecule has 1 aromatic carbocycles. The van der Waals surface area contributed by atoms with Crippen LogP contribution < -0.4 is 20.7 Å². The predicted molar refractivity (Wildman–Crippen MR) is 78.3 cm³/mol. The fraction of sp³-hybridized carbons (Fsp3) is 0.429. The van der Waals surface area contributed by atoms with E-state index in [-0.39, 0.29) is 11.8 Å². The molecular formula is C14H17F4N3O3. The molecule has 0 radical (unpaired) electrons. The van der Waals surface area contributed by atoms with Gasteiger partial charge in [-0.2, -0.15) is 13.2 Å². The van der Waals surface area contributed by atoms with E-state index in [0.717, 1.165) is 6.07 Å². The van der Waals surface area contributed by atoms with Crippen molar-refractivity contribution in [3.05, 3.63) is 24.0 Å². The number of nitrogens with one attached hydrogen (secondary N) is 3. The Balaban J connectivity index is 2.45. The molecule has 0 aliphatic heterocycles. The van der Waals surface area contributed by atoms with Crippen LogP contribution in [-0.2, 0) is 4.79 Å². The molecule has 0 bridgehead atoms. The van der Waals surface area contributed by atoms with E-state index in [9.17, 15) is 27.2 Å². The highest BCUT2D eigenvalue weighted by Gasteiger charge is 2.27. The number of anilines is 1. The van der Waals surface area contributed by atoms with Gasteiger partial charge in [0.15, 0.2) is 0 Å². The van der Waals surface area contributed by atoms with Crippen molar-refractivity contribution in [2.45, 2.75) is 26.1 Å². The fourth-order valence-corrected chi connectivity index (χ4v) is 1.56. The van der Waals surface area contributed by atoms with Crippen molar-refractivity contribution in [2.75, 3.05) is 18.4 Å². The summed E-state index contributed by atoms with van der Waals surface area (Å²) in [6, 6.07) is 2.65. The highest BCUT2D eigenvalue weighted by atomic mass is 19.4. The number of rotatable bonds is 6. The lowest BCUT2D eigenvalue weighted by molar-refractivity contribution is -0.124. The second-order valence-corrected chi connectivity index (χ2v) is 5.01. The Morgan fingerprint density at radius 2 is 1.92 bits per heavy atom. The molecule has 0 atom stereocenters. The molecule has 0 heterocycles. The van der Waals surface area contributed by atoms with Crippen LogP contribution in [0.5, 0.6) is 5.75 Å². The Hall–Kier alpha value is -2.52. The first-order valence-electron chi connectivity index (χ1n) is 6.91. The van der Waals surface area contributed by atoms with Gasteiger partial charge >= 0.3 is 12.2 Å². The molecule has 0 saturated carbocycles. The highest BCUT2D eigenvalue weighted by Crippen LogP contribution is 2.21. The van der Waals surface area contributed by atoms with Gasteiger partial charge in [0.05, 0.1) is 18.3 Å². The van der Waals surface area contributed by atoms with Gasteiger partial charge in [0.2, 0.25) is 5.91 Å². The molecule has 134 valence electrons. The molecule has 1 rings (SSSR count). The average Bonchev–Trinajstić information content (AvgIpc) is 2.43. The Morgan fingerprint density at radius 1 is 1.25 bits per heavy atom. The molecule has 0 unspecified atom stereocenters. The third kappa shape index (κ3) is 7.65. The van der Waals surface area contributed by atoms with Crippen LogP contribution in [0.2, 0.25) is 0 Å². The van der Waals surface area contributed by atoms with Gasteiger partial charge in [-0.25, -0.2) is 9.18 Å². The number of halogens is 4. The minimum atomic E-state index is -4.58. The molecule has 1 aromatic rings. The number of imide groups is 1. The van der Waals surface area contributed by atoms with Crippen LogP contribution >= 0.6 is 0 Å². The first-order valence-corrected chi connectivity index (χ1v) is 6.91. The second kappa shape index (κ2) is 8.37. The average molecular weight is 351 g/mol. The summed E-state index contributed by atoms with van der Waals surface area (Å²) in [6.45, 7) is 1.49. The monoisotopic (exact) mass is 351 g/mol. The summed E-state index contributed by atoms with van der Waals surface area (Å²) in [6.07, 6.45) is -4.72. The summed E-state index contributed by atoms with van der Waals surface area (Å²) in [5.74, 6) is -1.29. The maximum atomic E-state index is 13.8. The summed E-state index contributed by atoms with van der Waals surface area (Å²) in [5, 5.41) is 5.58. The summed E-state index contributed by atoms with van der Waals surface area (Å²) in [4.78, 5) is 22.5. The standard InChI is InChI=1S/C14H17F4N3O3/c1-8(2)24-9-3-4-11(10(15)5-9)19-6-12(22)21-13(23)20-7-14(16,17)18/h3-5,8,19H,6-7H2,1-2H3,(H2,20,21,22,23). The normalized spacial score (nSPS) is 11.1. The number of benzene rings is 1. The van der Waals surface area contributed by atoms with E-state index in [1.807, 2.05) is 0 Å². The third-order valence-corrected chi connectivity index (χ3v) is 2.45. The maximum Gasteiger partial charge on any atom is 0.405 e. The summed E-state index contributed by atoms with van der Waals surface area (Å²) in [5.41, 5.74) is -0.0167. The first kappa shape index (κ1) is 19.5. The van der Waals surface area contributed by atoms with Crippen molar-refractivity contribution >= 4 is 17.6 Å². The zero-order chi connectivity index (χ0) is 18.3. The van der Waals surface area contributed by atoms with Crippen LogP contribution in [0.4, 0.5) is 28.0 Å². The van der Waals surface area contributed by atoms with Crippen LogP contribution in [-0.4, -0.2) is 37.3 Å². The predicted octanol–water partition coefficient (Wildman–Crippen LogP) is 2.41. The lowest BCUT2D eigenvalue weighted by Gasteiger charge is -2.12. The van der Waals surface area contributed by atoms with Crippen molar-refractivity contribution in [1.29, 1.82) is 0 Å². The van der Waals surface area contributed by atoms with E-state index in [4.69, 9.17) is 4.74 Å². The van der Waals surface area contributed by atoms with E-state index in [1.165, 1.54) is 17.4 Å². The summed E-state index contributed by atoms with van der Waals surface area (Å²) < 4.78 is 54.7. The van der Waals surface area contributed by atoms with E-state index >= 15 is 0 Å². The van der Waals surface area contributed by atoms with Crippen molar-refractivity contribution in [2.24, 2.45) is 0 Å². The topological polar surface area (TPSA) is 79.5 Å². The number of alkyl halides is 3. The number of hydrogen-bond donors (Lipinski definition) is 3. The molecule has 3 N–H and O–H groups in total. The molecule has 6 nitrogen and oxygen atoms in total. The Labute approximate surface area is 135 Å². The van der Waals surface area contributed by atoms with E-state index in [1.54, 1.807) is 19.2 Å². The van der Waals surface area contributed by atoms with Crippen LogP contribution in [0.1, 0.15) is 13.8 Å². The van der Waals surface area contributed by atoms with E-state index in [2.05, 4.69) is 5.32 Å². The zero-order valence-corrected chi connectivity index (χ0v) is 13.0. The highest BCUT2D eigenvalue weighted by molar-refractivity contribution is 5.96. The van der Waals surface area contributed by atoms with Gasteiger partial charge in [-0.1, -0.05) is 0 Å². The van der Waals surface area contributed by atoms with Gasteiger partial charge in [-0.15, -0.1) is 0 Å². The zero-order valence-electron chi connectivity index (χ0n) is 13.0. The van der Waals surface area contributed by atoms with Crippen LogP contribution in [0.15, 0.2) is 18.2 Å². The van der Waals surface area contributed by atoms with E-state index in [0.29, 0.717) is 5.75 Å². The molecule has 0 aromatic heterocycles. The van der Waals surface area contributed by atoms with Crippen molar-refractivity contribution < 1.29 is 31.9 Å². The Morgan fingerprint density at radius 3 is 2.46 bits per heavy atom. The van der Waals surface area contributed by atoms with Crippen LogP contribution in [0, 0.1) is 5.82 Å². The van der Waals surface area contributed by atoms with Crippen molar-refractivity contribution in [3.63, 3.8) is 0 Å². The largest absolute Gasteiger partial charge is 0.491 e. The lowest BCUT2D eigenvalue weighted by Crippen LogP contribution is -2.45. The first-order chi connectivity index (χ1) is 11.1. The number of amides is 3. The minimum absolute atomic E-state index is 0.0167. The smallest absolute Gasteiger partial charge is 0.405 e. The van der Waals surface area contributed by atoms with Gasteiger partial charge < -0.3 is 15.4 Å². The molecule has 0 fully saturated rings. The second-order valence-electron chi connectivity index (χ2n) is 5.01. The Kier molecular flexibility index (Phi) is 6.81. The molecule has 0 aliphatic rings. The molecule has 0 saturated heterocycles. The van der Waals surface area contributed by atoms with E-state index < -0.39 is 37.0 Å². The SMILES string of the molecule is CC(C)Oc1ccc(NCC(=O)NC(=O)NCC(F)(F)F)c(F)c1. The molecular weight excluding hydrogens is 334 g/mol. The van der Waals surface area contributed by atoms with Gasteiger partial charge in [-0.05, 0) is 26.0 Å². The minimum Gasteiger partial charge on any atom is -0.491 e. The van der Waals surface area contributed by atoms with Crippen molar-refractivity contribution in [1.82, 2.24) is 10.6 Å². The third-order valence-electron chi connectivity index (χ3n) is 2.45. The molecule has 24 heavy (non-hydrogen) atoms. The number of carbonyl (C=O) groups excluding carboxylic acids is 2. The maximum absolute atomic E-state index is 13.8. The quantitative estimate of drug-likeness (QED) is 0.688. The molecule has 0 spiro atoms. The summed E-state index contributed by atoms with van der Waals surface area (Å²) >= 11 is 0. The molecule has 3 amide bonds. The van der Waals surface area contributed by atoms with Gasteiger partial charge in [-0.3, -0.25) is 10.1 Å². The molecule has 10 heteroatoms. The lowest BCUT2D eigenvalue weighted by atomic mass is 10.2. The van der Waals surface area contributed by atoms with Crippen LogP contribution in [0.25, 0.3) is 0 Å². The number of hydrogen-bond acceptors (Lipinski definition) is 4. The Bertz CT molecular complexity index is 591. The van der Waals surface area contributed by atoms with Gasteiger partial charge in [0, 0.05) is 6.07 Å². The number of ether oxygens (including phenoxy) is 1.